The summed E-state index contributed by atoms with van der Waals surface area (Å²) in [7, 11) is 0. The van der Waals surface area contributed by atoms with Crippen LogP contribution in [0.15, 0.2) is 48.5 Å². The Hall–Kier alpha value is -2.14. The first-order valence-electron chi connectivity index (χ1n) is 14.7. The molecule has 2 aromatic rings. The van der Waals surface area contributed by atoms with Gasteiger partial charge in [-0.05, 0) is 94.8 Å². The summed E-state index contributed by atoms with van der Waals surface area (Å²) >= 11 is 0. The van der Waals surface area contributed by atoms with Crippen LogP contribution in [0.1, 0.15) is 80.7 Å². The van der Waals surface area contributed by atoms with Crippen LogP contribution in [0.4, 0.5) is 26.3 Å². The third-order valence-corrected chi connectivity index (χ3v) is 9.80. The third-order valence-electron chi connectivity index (χ3n) is 9.80. The van der Waals surface area contributed by atoms with Gasteiger partial charge in [-0.25, -0.2) is 0 Å². The van der Waals surface area contributed by atoms with Crippen LogP contribution in [0.3, 0.4) is 0 Å². The van der Waals surface area contributed by atoms with E-state index in [1.54, 1.807) is 0 Å². The van der Waals surface area contributed by atoms with Gasteiger partial charge in [-0.3, -0.25) is 0 Å². The normalized spacial score (nSPS) is 27.3. The molecule has 3 saturated heterocycles. The molecule has 0 N–H and O–H groups in total. The lowest BCUT2D eigenvalue weighted by Crippen LogP contribution is -2.50. The summed E-state index contributed by atoms with van der Waals surface area (Å²) in [6.07, 6.45) is -7.82. The smallest absolute Gasteiger partial charge is 0.375 e. The van der Waals surface area contributed by atoms with E-state index in [0.29, 0.717) is 6.61 Å². The molecule has 3 heterocycles. The molecule has 0 aliphatic carbocycles. The number of likely N-dealkylation sites (tertiary alicyclic amines) is 1. The van der Waals surface area contributed by atoms with Crippen molar-refractivity contribution in [1.82, 2.24) is 4.90 Å². The summed E-state index contributed by atoms with van der Waals surface area (Å²) in [4.78, 5) is 2.47. The molecule has 3 aliphatic heterocycles. The molecule has 4 atom stereocenters. The van der Waals surface area contributed by atoms with E-state index in [4.69, 9.17) is 14.2 Å². The number of halogens is 6. The Balaban J connectivity index is 1.36. The number of alkyl halides is 6. The SMILES string of the molecule is C[C@@H](O[C@H]1OCC[C@H](CN2CCC3(CCOC3(C)C)CC2)[C@H]1c1ccccc1)c1cc(C(F)(F)F)cc(C(F)(F)F)c1. The summed E-state index contributed by atoms with van der Waals surface area (Å²) in [6, 6.07) is 11.3. The van der Waals surface area contributed by atoms with Crippen molar-refractivity contribution in [3.05, 3.63) is 70.8 Å². The van der Waals surface area contributed by atoms with Crippen molar-refractivity contribution in [2.75, 3.05) is 32.8 Å². The Morgan fingerprint density at radius 1 is 0.905 bits per heavy atom. The van der Waals surface area contributed by atoms with Gasteiger partial charge >= 0.3 is 12.4 Å². The molecule has 0 radical (unpaired) electrons. The second kappa shape index (κ2) is 11.7. The largest absolute Gasteiger partial charge is 0.416 e. The predicted octanol–water partition coefficient (Wildman–Crippen LogP) is 8.23. The minimum Gasteiger partial charge on any atom is -0.375 e. The van der Waals surface area contributed by atoms with Crippen LogP contribution in [-0.4, -0.2) is 49.6 Å². The van der Waals surface area contributed by atoms with Crippen LogP contribution in [-0.2, 0) is 26.6 Å². The Morgan fingerprint density at radius 3 is 2.07 bits per heavy atom. The maximum atomic E-state index is 13.5. The summed E-state index contributed by atoms with van der Waals surface area (Å²) in [5.74, 6) is -0.107. The number of nitrogens with zero attached hydrogens (tertiary/aromatic N) is 1. The molecule has 0 saturated carbocycles. The number of hydrogen-bond acceptors (Lipinski definition) is 4. The highest BCUT2D eigenvalue weighted by atomic mass is 19.4. The average Bonchev–Trinajstić information content (AvgIpc) is 3.22. The Labute approximate surface area is 243 Å². The lowest BCUT2D eigenvalue weighted by Gasteiger charge is -2.48. The standard InChI is InChI=1S/C32H39F6NO3/c1-21(24-17-25(31(33,34)35)19-26(18-24)32(36,37)38)42-28-27(22-7-5-4-6-8-22)23(9-15-40-28)20-39-13-10-30(11-14-39)12-16-41-29(30,2)3/h4-8,17-19,21,23,27-28H,9-16,20H2,1-3H3/t21-,23-,27-,28-/m1/s1. The molecule has 1 spiro atoms. The average molecular weight is 600 g/mol. The Bertz CT molecular complexity index is 1170. The van der Waals surface area contributed by atoms with Crippen molar-refractivity contribution in [3.63, 3.8) is 0 Å². The molecule has 10 heteroatoms. The zero-order valence-electron chi connectivity index (χ0n) is 24.2. The summed E-state index contributed by atoms with van der Waals surface area (Å²) < 4.78 is 99.4. The van der Waals surface area contributed by atoms with E-state index in [1.807, 2.05) is 30.3 Å². The highest BCUT2D eigenvalue weighted by Gasteiger charge is 2.51. The van der Waals surface area contributed by atoms with E-state index in [1.165, 1.54) is 6.92 Å². The molecular formula is C32H39F6NO3. The van der Waals surface area contributed by atoms with Gasteiger partial charge in [0.05, 0.1) is 29.4 Å². The van der Waals surface area contributed by atoms with E-state index < -0.39 is 35.9 Å². The molecule has 3 aliphatic rings. The third kappa shape index (κ3) is 6.51. The summed E-state index contributed by atoms with van der Waals surface area (Å²) in [5, 5.41) is 0. The van der Waals surface area contributed by atoms with E-state index in [-0.39, 0.29) is 34.5 Å². The highest BCUT2D eigenvalue weighted by Crippen LogP contribution is 2.51. The fraction of sp³-hybridized carbons (Fsp3) is 0.625. The highest BCUT2D eigenvalue weighted by molar-refractivity contribution is 5.35. The monoisotopic (exact) mass is 599 g/mol. The maximum Gasteiger partial charge on any atom is 0.416 e. The molecule has 4 nitrogen and oxygen atoms in total. The lowest BCUT2D eigenvalue weighted by atomic mass is 9.67. The lowest BCUT2D eigenvalue weighted by molar-refractivity contribution is -0.211. The van der Waals surface area contributed by atoms with Crippen LogP contribution in [0, 0.1) is 11.3 Å². The summed E-state index contributed by atoms with van der Waals surface area (Å²) in [6.45, 7) is 9.71. The maximum absolute atomic E-state index is 13.5. The molecule has 0 aromatic heterocycles. The van der Waals surface area contributed by atoms with Crippen molar-refractivity contribution < 1.29 is 40.6 Å². The van der Waals surface area contributed by atoms with Gasteiger partial charge in [-0.1, -0.05) is 30.3 Å². The van der Waals surface area contributed by atoms with Gasteiger partial charge < -0.3 is 19.1 Å². The van der Waals surface area contributed by atoms with Crippen molar-refractivity contribution >= 4 is 0 Å². The predicted molar refractivity (Wildman–Crippen MR) is 146 cm³/mol. The molecule has 2 aromatic carbocycles. The molecule has 0 bridgehead atoms. The quantitative estimate of drug-likeness (QED) is 0.313. The van der Waals surface area contributed by atoms with Gasteiger partial charge in [0.1, 0.15) is 0 Å². The van der Waals surface area contributed by atoms with Crippen LogP contribution in [0.25, 0.3) is 0 Å². The second-order valence-corrected chi connectivity index (χ2v) is 12.5. The van der Waals surface area contributed by atoms with Gasteiger partial charge in [0.2, 0.25) is 0 Å². The van der Waals surface area contributed by atoms with Crippen molar-refractivity contribution in [1.29, 1.82) is 0 Å². The first kappa shape index (κ1) is 31.3. The molecular weight excluding hydrogens is 560 g/mol. The first-order chi connectivity index (χ1) is 19.7. The van der Waals surface area contributed by atoms with Crippen LogP contribution >= 0.6 is 0 Å². The topological polar surface area (TPSA) is 30.9 Å². The minimum atomic E-state index is -4.93. The van der Waals surface area contributed by atoms with Gasteiger partial charge in [0.25, 0.3) is 0 Å². The van der Waals surface area contributed by atoms with E-state index >= 15 is 0 Å². The molecule has 0 unspecified atom stereocenters. The van der Waals surface area contributed by atoms with Crippen molar-refractivity contribution in [2.24, 2.45) is 11.3 Å². The van der Waals surface area contributed by atoms with Crippen LogP contribution in [0.5, 0.6) is 0 Å². The van der Waals surface area contributed by atoms with Gasteiger partial charge in [0.15, 0.2) is 6.29 Å². The number of rotatable bonds is 6. The van der Waals surface area contributed by atoms with Crippen LogP contribution in [0.2, 0.25) is 0 Å². The fourth-order valence-electron chi connectivity index (χ4n) is 7.07. The molecule has 5 rings (SSSR count). The van der Waals surface area contributed by atoms with Gasteiger partial charge in [0, 0.05) is 24.5 Å². The molecule has 42 heavy (non-hydrogen) atoms. The van der Waals surface area contributed by atoms with E-state index in [9.17, 15) is 26.3 Å². The van der Waals surface area contributed by atoms with Crippen molar-refractivity contribution in [2.45, 2.75) is 82.7 Å². The second-order valence-electron chi connectivity index (χ2n) is 12.5. The number of ether oxygens (including phenoxy) is 3. The Morgan fingerprint density at radius 2 is 1.52 bits per heavy atom. The van der Waals surface area contributed by atoms with Gasteiger partial charge in [-0.2, -0.15) is 26.3 Å². The molecule has 3 fully saturated rings. The van der Waals surface area contributed by atoms with E-state index in [2.05, 4.69) is 18.7 Å². The number of benzene rings is 2. The van der Waals surface area contributed by atoms with E-state index in [0.717, 1.165) is 69.6 Å². The number of piperidine rings is 1. The zero-order chi connectivity index (χ0) is 30.3. The zero-order valence-corrected chi connectivity index (χ0v) is 24.2. The van der Waals surface area contributed by atoms with Crippen LogP contribution < -0.4 is 0 Å². The molecule has 232 valence electrons. The Kier molecular flexibility index (Phi) is 8.75. The summed E-state index contributed by atoms with van der Waals surface area (Å²) in [5.41, 5.74) is -1.91. The number of hydrogen-bond donors (Lipinski definition) is 0. The van der Waals surface area contributed by atoms with Crippen molar-refractivity contribution in [3.8, 4) is 0 Å². The minimum absolute atomic E-state index is 0.132. The fourth-order valence-corrected chi connectivity index (χ4v) is 7.07. The van der Waals surface area contributed by atoms with Gasteiger partial charge in [-0.15, -0.1) is 0 Å². The molecule has 0 amide bonds. The first-order valence-corrected chi connectivity index (χ1v) is 14.7.